The number of hydrogen-bond acceptors (Lipinski definition) is 6. The minimum absolute atomic E-state index is 0.0973. The van der Waals surface area contributed by atoms with Crippen molar-refractivity contribution in [3.8, 4) is 0 Å². The Bertz CT molecular complexity index is 1670. The van der Waals surface area contributed by atoms with Crippen molar-refractivity contribution >= 4 is 17.9 Å². The highest BCUT2D eigenvalue weighted by atomic mass is 16.6. The van der Waals surface area contributed by atoms with Gasteiger partial charge >= 0.3 is 17.9 Å². The van der Waals surface area contributed by atoms with Crippen molar-refractivity contribution < 1.29 is 28.6 Å². The van der Waals surface area contributed by atoms with E-state index in [4.69, 9.17) is 14.2 Å². The molecule has 0 saturated heterocycles. The van der Waals surface area contributed by atoms with Crippen LogP contribution in [-0.4, -0.2) is 37.2 Å². The molecule has 442 valence electrons. The molecule has 1 unspecified atom stereocenters. The zero-order chi connectivity index (χ0) is 56.4. The molecule has 1 atom stereocenters. The molecule has 0 aromatic carbocycles. The number of esters is 3. The van der Waals surface area contributed by atoms with Crippen molar-refractivity contribution in [2.24, 2.45) is 0 Å². The first-order chi connectivity index (χ1) is 38.5. The van der Waals surface area contributed by atoms with Crippen LogP contribution in [0.5, 0.6) is 0 Å². The van der Waals surface area contributed by atoms with Crippen molar-refractivity contribution in [2.75, 3.05) is 13.2 Å². The fourth-order valence-electron chi connectivity index (χ4n) is 8.54. The van der Waals surface area contributed by atoms with Gasteiger partial charge in [-0.05, 0) is 141 Å². The number of carbonyl (C=O) groups is 3. The lowest BCUT2D eigenvalue weighted by Crippen LogP contribution is -2.30. The molecule has 0 aromatic rings. The van der Waals surface area contributed by atoms with Crippen LogP contribution >= 0.6 is 0 Å². The van der Waals surface area contributed by atoms with Crippen LogP contribution in [0.3, 0.4) is 0 Å². The minimum atomic E-state index is -0.803. The molecule has 0 radical (unpaired) electrons. The summed E-state index contributed by atoms with van der Waals surface area (Å²) in [6.45, 7) is 6.46. The molecule has 0 aliphatic heterocycles. The Morgan fingerprint density at radius 3 is 0.821 bits per heavy atom. The highest BCUT2D eigenvalue weighted by molar-refractivity contribution is 5.71. The van der Waals surface area contributed by atoms with Gasteiger partial charge in [0.25, 0.3) is 0 Å². The number of allylic oxidation sites excluding steroid dienone is 22. The van der Waals surface area contributed by atoms with Gasteiger partial charge in [0.05, 0.1) is 0 Å². The van der Waals surface area contributed by atoms with Gasteiger partial charge in [-0.1, -0.05) is 257 Å². The molecular weight excluding hydrogens is 961 g/mol. The molecule has 0 saturated carbocycles. The lowest BCUT2D eigenvalue weighted by Gasteiger charge is -2.18. The fraction of sp³-hybridized carbons (Fsp3) is 0.653. The van der Waals surface area contributed by atoms with Crippen LogP contribution in [0.15, 0.2) is 134 Å². The van der Waals surface area contributed by atoms with Crippen LogP contribution in [0.4, 0.5) is 0 Å². The van der Waals surface area contributed by atoms with E-state index >= 15 is 0 Å². The first-order valence-corrected chi connectivity index (χ1v) is 32.2. The molecule has 6 heteroatoms. The second-order valence-corrected chi connectivity index (χ2v) is 20.9. The fourth-order valence-corrected chi connectivity index (χ4v) is 8.54. The van der Waals surface area contributed by atoms with Gasteiger partial charge in [0, 0.05) is 19.3 Å². The maximum Gasteiger partial charge on any atom is 0.306 e. The molecule has 0 fully saturated rings. The Kier molecular flexibility index (Phi) is 61.4. The Morgan fingerprint density at radius 1 is 0.269 bits per heavy atom. The SMILES string of the molecule is CC/C=C\C/C=C\C/C=C\C/C=C\C/C=C\C/C=C\C/C=C\CCCCCCCC(=O)OCC(COC(=O)CCCCCCC/C=C\CCCCCCC)OC(=O)CCCCCCCC/C=C\C/C=C\C/C=C\CCCCC. The van der Waals surface area contributed by atoms with E-state index in [1.807, 2.05) is 0 Å². The normalized spacial score (nSPS) is 13.0. The van der Waals surface area contributed by atoms with Gasteiger partial charge in [-0.3, -0.25) is 14.4 Å². The standard InChI is InChI=1S/C72H118O6/c1-4-7-10-13-16-19-22-25-28-30-32-33-34-35-36-37-38-39-41-42-44-47-50-53-56-59-62-65-71(74)77-68-69(67-76-70(73)64-61-58-55-52-49-46-27-24-21-18-15-12-9-6-3)78-72(75)66-63-60-57-54-51-48-45-43-40-31-29-26-23-20-17-14-11-8-5-2/h7,10,16-17,19-20,24-29,32-33,35-36,38-40,42-44,69H,4-6,8-9,11-15,18,21-23,30-31,34,37,41,45-68H2,1-3H3/b10-7-,19-16-,20-17-,27-24-,28-25-,29-26-,33-32-,36-35-,39-38-,43-40-,44-42-. The number of hydrogen-bond donors (Lipinski definition) is 0. The van der Waals surface area contributed by atoms with E-state index in [9.17, 15) is 14.4 Å². The quantitative estimate of drug-likeness (QED) is 0.0261. The van der Waals surface area contributed by atoms with Crippen molar-refractivity contribution in [1.29, 1.82) is 0 Å². The third-order valence-corrected chi connectivity index (χ3v) is 13.4. The molecule has 0 spiro atoms. The summed E-state index contributed by atoms with van der Waals surface area (Å²) in [5, 5.41) is 0. The van der Waals surface area contributed by atoms with E-state index in [0.717, 1.165) is 161 Å². The summed E-state index contributed by atoms with van der Waals surface area (Å²) in [6, 6.07) is 0. The van der Waals surface area contributed by atoms with Gasteiger partial charge in [0.15, 0.2) is 6.10 Å². The van der Waals surface area contributed by atoms with Crippen molar-refractivity contribution in [2.45, 2.75) is 290 Å². The first kappa shape index (κ1) is 73.5. The highest BCUT2D eigenvalue weighted by Crippen LogP contribution is 2.14. The van der Waals surface area contributed by atoms with Gasteiger partial charge < -0.3 is 14.2 Å². The van der Waals surface area contributed by atoms with Gasteiger partial charge in [-0.2, -0.15) is 0 Å². The number of rotatable bonds is 57. The maximum atomic E-state index is 12.9. The summed E-state index contributed by atoms with van der Waals surface area (Å²) in [5.74, 6) is -0.936. The average Bonchev–Trinajstić information content (AvgIpc) is 3.44. The molecule has 0 aliphatic carbocycles. The van der Waals surface area contributed by atoms with Gasteiger partial charge in [-0.25, -0.2) is 0 Å². The van der Waals surface area contributed by atoms with Gasteiger partial charge in [0.1, 0.15) is 13.2 Å². The molecule has 0 aliphatic rings. The Balaban J connectivity index is 4.44. The second-order valence-electron chi connectivity index (χ2n) is 20.9. The van der Waals surface area contributed by atoms with Crippen LogP contribution in [0.25, 0.3) is 0 Å². The molecular formula is C72H118O6. The van der Waals surface area contributed by atoms with Crippen molar-refractivity contribution in [3.05, 3.63) is 134 Å². The van der Waals surface area contributed by atoms with E-state index in [1.54, 1.807) is 0 Å². The minimum Gasteiger partial charge on any atom is -0.462 e. The molecule has 0 rings (SSSR count). The summed E-state index contributed by atoms with van der Waals surface area (Å²) in [4.78, 5) is 38.3. The smallest absolute Gasteiger partial charge is 0.306 e. The predicted molar refractivity (Wildman–Crippen MR) is 339 cm³/mol. The lowest BCUT2D eigenvalue weighted by molar-refractivity contribution is -0.167. The molecule has 0 bridgehead atoms. The number of unbranched alkanes of at least 4 members (excludes halogenated alkanes) is 24. The zero-order valence-corrected chi connectivity index (χ0v) is 50.6. The summed E-state index contributed by atoms with van der Waals surface area (Å²) >= 11 is 0. The molecule has 0 N–H and O–H groups in total. The number of ether oxygens (including phenoxy) is 3. The molecule has 78 heavy (non-hydrogen) atoms. The third kappa shape index (κ3) is 62.4. The maximum absolute atomic E-state index is 12.9. The number of carbonyl (C=O) groups excluding carboxylic acids is 3. The Hall–Kier alpha value is -4.45. The lowest BCUT2D eigenvalue weighted by atomic mass is 10.1. The van der Waals surface area contributed by atoms with Crippen molar-refractivity contribution in [1.82, 2.24) is 0 Å². The van der Waals surface area contributed by atoms with Crippen LogP contribution in [-0.2, 0) is 28.6 Å². The van der Waals surface area contributed by atoms with Crippen LogP contribution in [0.2, 0.25) is 0 Å². The molecule has 0 heterocycles. The van der Waals surface area contributed by atoms with Crippen molar-refractivity contribution in [3.63, 3.8) is 0 Å². The van der Waals surface area contributed by atoms with E-state index in [2.05, 4.69) is 154 Å². The monoisotopic (exact) mass is 1080 g/mol. The largest absolute Gasteiger partial charge is 0.462 e. The summed E-state index contributed by atoms with van der Waals surface area (Å²) in [7, 11) is 0. The predicted octanol–water partition coefficient (Wildman–Crippen LogP) is 22.2. The summed E-state index contributed by atoms with van der Waals surface area (Å²) in [5.41, 5.74) is 0. The van der Waals surface area contributed by atoms with E-state index < -0.39 is 6.10 Å². The van der Waals surface area contributed by atoms with E-state index in [-0.39, 0.29) is 31.1 Å². The second kappa shape index (κ2) is 65.1. The van der Waals surface area contributed by atoms with Crippen LogP contribution in [0.1, 0.15) is 284 Å². The summed E-state index contributed by atoms with van der Waals surface area (Å²) in [6.07, 6.45) is 91.6. The Labute approximate surface area is 481 Å². The van der Waals surface area contributed by atoms with Crippen LogP contribution in [0, 0.1) is 0 Å². The van der Waals surface area contributed by atoms with E-state index in [1.165, 1.54) is 83.5 Å². The first-order valence-electron chi connectivity index (χ1n) is 32.2. The molecule has 0 amide bonds. The van der Waals surface area contributed by atoms with Gasteiger partial charge in [-0.15, -0.1) is 0 Å². The zero-order valence-electron chi connectivity index (χ0n) is 50.6. The average molecular weight is 1080 g/mol. The third-order valence-electron chi connectivity index (χ3n) is 13.4. The molecule has 0 aromatic heterocycles. The van der Waals surface area contributed by atoms with Crippen LogP contribution < -0.4 is 0 Å². The topological polar surface area (TPSA) is 78.9 Å². The molecule has 6 nitrogen and oxygen atoms in total. The highest BCUT2D eigenvalue weighted by Gasteiger charge is 2.19. The van der Waals surface area contributed by atoms with Gasteiger partial charge in [0.2, 0.25) is 0 Å². The summed E-state index contributed by atoms with van der Waals surface area (Å²) < 4.78 is 16.9. The van der Waals surface area contributed by atoms with E-state index in [0.29, 0.717) is 19.3 Å². The Morgan fingerprint density at radius 2 is 0.500 bits per heavy atom.